The Morgan fingerprint density at radius 1 is 1.09 bits per heavy atom. The molecule has 114 valence electrons. The molecule has 1 amide bonds. The summed E-state index contributed by atoms with van der Waals surface area (Å²) in [6.45, 7) is 1.99. The van der Waals surface area contributed by atoms with Gasteiger partial charge in [-0.05, 0) is 37.3 Å². The maximum atomic E-state index is 12.3. The number of hydrogen-bond acceptors (Lipinski definition) is 5. The molecule has 0 bridgehead atoms. The summed E-state index contributed by atoms with van der Waals surface area (Å²) in [5.41, 5.74) is 2.35. The third-order valence-corrected chi connectivity index (χ3v) is 5.70. The van der Waals surface area contributed by atoms with Gasteiger partial charge in [0.2, 0.25) is 0 Å². The first kappa shape index (κ1) is 14.6. The minimum Gasteiger partial charge on any atom is -0.298 e. The number of nitrogens with one attached hydrogen (secondary N) is 1. The lowest BCUT2D eigenvalue weighted by Crippen LogP contribution is -2.11. The molecule has 0 saturated heterocycles. The number of benzene rings is 2. The maximum Gasteiger partial charge on any atom is 0.257 e. The molecule has 2 heterocycles. The van der Waals surface area contributed by atoms with Gasteiger partial charge in [-0.15, -0.1) is 11.3 Å². The van der Waals surface area contributed by atoms with Gasteiger partial charge in [-0.2, -0.15) is 0 Å². The van der Waals surface area contributed by atoms with Gasteiger partial charge in [-0.25, -0.2) is 9.97 Å². The van der Waals surface area contributed by atoms with Crippen molar-refractivity contribution >= 4 is 65.7 Å². The molecule has 23 heavy (non-hydrogen) atoms. The van der Waals surface area contributed by atoms with Crippen LogP contribution in [-0.2, 0) is 0 Å². The van der Waals surface area contributed by atoms with Gasteiger partial charge >= 0.3 is 0 Å². The van der Waals surface area contributed by atoms with Crippen molar-refractivity contribution < 1.29 is 4.79 Å². The molecular formula is C16H10ClN3OS2. The molecule has 0 aliphatic rings. The number of hydrogen-bond donors (Lipinski definition) is 1. The van der Waals surface area contributed by atoms with Gasteiger partial charge < -0.3 is 0 Å². The molecule has 0 aliphatic heterocycles. The van der Waals surface area contributed by atoms with Crippen LogP contribution in [0.1, 0.15) is 15.4 Å². The number of amides is 1. The van der Waals surface area contributed by atoms with Crippen LogP contribution >= 0.6 is 34.3 Å². The first-order valence-electron chi connectivity index (χ1n) is 6.84. The standard InChI is InChI=1S/C16H10ClN3OS2/c1-8-18-11-5-6-12-14(13(11)22-8)23-16(19-12)20-15(21)9-3-2-4-10(17)7-9/h2-7H,1H3,(H,19,20,21). The van der Waals surface area contributed by atoms with Gasteiger partial charge in [-0.1, -0.05) is 29.0 Å². The highest BCUT2D eigenvalue weighted by Crippen LogP contribution is 2.35. The summed E-state index contributed by atoms with van der Waals surface area (Å²) < 4.78 is 2.16. The van der Waals surface area contributed by atoms with Crippen molar-refractivity contribution in [1.29, 1.82) is 0 Å². The topological polar surface area (TPSA) is 54.9 Å². The van der Waals surface area contributed by atoms with Crippen LogP contribution in [0.4, 0.5) is 5.13 Å². The van der Waals surface area contributed by atoms with Crippen LogP contribution in [0.3, 0.4) is 0 Å². The van der Waals surface area contributed by atoms with Gasteiger partial charge in [0.15, 0.2) is 5.13 Å². The Morgan fingerprint density at radius 2 is 1.83 bits per heavy atom. The molecule has 2 aromatic carbocycles. The summed E-state index contributed by atoms with van der Waals surface area (Å²) >= 11 is 9.03. The fraction of sp³-hybridized carbons (Fsp3) is 0.0625. The molecule has 0 saturated carbocycles. The van der Waals surface area contributed by atoms with Crippen molar-refractivity contribution in [3.05, 3.63) is 52.0 Å². The predicted molar refractivity (Wildman–Crippen MR) is 96.9 cm³/mol. The van der Waals surface area contributed by atoms with Crippen LogP contribution in [0.2, 0.25) is 5.02 Å². The van der Waals surface area contributed by atoms with E-state index in [4.69, 9.17) is 11.6 Å². The number of halogens is 1. The largest absolute Gasteiger partial charge is 0.298 e. The number of carbonyl (C=O) groups excluding carboxylic acids is 1. The molecular weight excluding hydrogens is 350 g/mol. The van der Waals surface area contributed by atoms with E-state index >= 15 is 0 Å². The molecule has 4 aromatic rings. The quantitative estimate of drug-likeness (QED) is 0.540. The predicted octanol–water partition coefficient (Wildman–Crippen LogP) is 5.12. The maximum absolute atomic E-state index is 12.3. The highest BCUT2D eigenvalue weighted by atomic mass is 35.5. The zero-order valence-corrected chi connectivity index (χ0v) is 14.4. The van der Waals surface area contributed by atoms with Crippen LogP contribution in [0.15, 0.2) is 36.4 Å². The summed E-state index contributed by atoms with van der Waals surface area (Å²) in [5.74, 6) is -0.219. The summed E-state index contributed by atoms with van der Waals surface area (Å²) in [7, 11) is 0. The van der Waals surface area contributed by atoms with Gasteiger partial charge in [0.05, 0.1) is 25.4 Å². The Labute approximate surface area is 144 Å². The second kappa shape index (κ2) is 5.56. The SMILES string of the molecule is Cc1nc2ccc3nc(NC(=O)c4cccc(Cl)c4)sc3c2s1. The van der Waals surface area contributed by atoms with E-state index in [1.807, 2.05) is 19.1 Å². The fourth-order valence-corrected chi connectivity index (χ4v) is 4.53. The highest BCUT2D eigenvalue weighted by molar-refractivity contribution is 7.28. The average molecular weight is 360 g/mol. The number of carbonyl (C=O) groups is 1. The van der Waals surface area contributed by atoms with E-state index in [0.29, 0.717) is 15.7 Å². The molecule has 4 rings (SSSR count). The Balaban J connectivity index is 1.72. The van der Waals surface area contributed by atoms with Gasteiger partial charge in [0.1, 0.15) is 0 Å². The van der Waals surface area contributed by atoms with E-state index in [9.17, 15) is 4.79 Å². The monoisotopic (exact) mass is 359 g/mol. The molecule has 0 unspecified atom stereocenters. The number of aromatic nitrogens is 2. The lowest BCUT2D eigenvalue weighted by molar-refractivity contribution is 0.102. The molecule has 0 radical (unpaired) electrons. The normalized spacial score (nSPS) is 11.2. The Hall–Kier alpha value is -2.02. The van der Waals surface area contributed by atoms with Crippen LogP contribution < -0.4 is 5.32 Å². The molecule has 0 spiro atoms. The summed E-state index contributed by atoms with van der Waals surface area (Å²) in [6, 6.07) is 10.7. The Morgan fingerprint density at radius 3 is 2.61 bits per heavy atom. The number of anilines is 1. The van der Waals surface area contributed by atoms with Crippen LogP contribution in [-0.4, -0.2) is 15.9 Å². The lowest BCUT2D eigenvalue weighted by atomic mass is 10.2. The summed E-state index contributed by atoms with van der Waals surface area (Å²) in [4.78, 5) is 21.3. The molecule has 0 aliphatic carbocycles. The van der Waals surface area contributed by atoms with E-state index in [-0.39, 0.29) is 5.91 Å². The molecule has 7 heteroatoms. The molecule has 0 atom stereocenters. The first-order chi connectivity index (χ1) is 11.1. The third kappa shape index (κ3) is 2.69. The van der Waals surface area contributed by atoms with Crippen LogP contribution in [0.5, 0.6) is 0 Å². The van der Waals surface area contributed by atoms with E-state index < -0.39 is 0 Å². The van der Waals surface area contributed by atoms with Crippen molar-refractivity contribution in [1.82, 2.24) is 9.97 Å². The number of rotatable bonds is 2. The third-order valence-electron chi connectivity index (χ3n) is 3.33. The number of aryl methyl sites for hydroxylation is 1. The Bertz CT molecular complexity index is 1050. The summed E-state index contributed by atoms with van der Waals surface area (Å²) in [6.07, 6.45) is 0. The van der Waals surface area contributed by atoms with Crippen molar-refractivity contribution in [3.8, 4) is 0 Å². The van der Waals surface area contributed by atoms with Crippen molar-refractivity contribution in [2.24, 2.45) is 0 Å². The average Bonchev–Trinajstić information content (AvgIpc) is 3.08. The highest BCUT2D eigenvalue weighted by Gasteiger charge is 2.13. The van der Waals surface area contributed by atoms with E-state index in [1.165, 1.54) is 11.3 Å². The molecule has 0 fully saturated rings. The van der Waals surface area contributed by atoms with Crippen molar-refractivity contribution in [3.63, 3.8) is 0 Å². The molecule has 2 aromatic heterocycles. The van der Waals surface area contributed by atoms with Crippen LogP contribution in [0, 0.1) is 6.92 Å². The van der Waals surface area contributed by atoms with E-state index in [1.54, 1.807) is 35.6 Å². The molecule has 1 N–H and O–H groups in total. The second-order valence-electron chi connectivity index (χ2n) is 4.98. The van der Waals surface area contributed by atoms with Crippen molar-refractivity contribution in [2.45, 2.75) is 6.92 Å². The van der Waals surface area contributed by atoms with Gasteiger partial charge in [0, 0.05) is 10.6 Å². The summed E-state index contributed by atoms with van der Waals surface area (Å²) in [5, 5.41) is 4.96. The van der Waals surface area contributed by atoms with Crippen LogP contribution in [0.25, 0.3) is 20.4 Å². The van der Waals surface area contributed by atoms with Gasteiger partial charge in [0.25, 0.3) is 5.91 Å². The Kier molecular flexibility index (Phi) is 3.52. The number of fused-ring (bicyclic) bond motifs is 3. The smallest absolute Gasteiger partial charge is 0.257 e. The zero-order valence-electron chi connectivity index (χ0n) is 12.0. The molecule has 4 nitrogen and oxygen atoms in total. The van der Waals surface area contributed by atoms with E-state index in [0.717, 1.165) is 25.4 Å². The first-order valence-corrected chi connectivity index (χ1v) is 8.85. The number of nitrogens with zero attached hydrogens (tertiary/aromatic N) is 2. The lowest BCUT2D eigenvalue weighted by Gasteiger charge is -2.01. The minimum atomic E-state index is -0.219. The fourth-order valence-electron chi connectivity index (χ4n) is 2.34. The number of thiazole rings is 2. The van der Waals surface area contributed by atoms with E-state index in [2.05, 4.69) is 15.3 Å². The van der Waals surface area contributed by atoms with Crippen molar-refractivity contribution in [2.75, 3.05) is 5.32 Å². The van der Waals surface area contributed by atoms with Gasteiger partial charge in [-0.3, -0.25) is 10.1 Å². The minimum absolute atomic E-state index is 0.219. The zero-order chi connectivity index (χ0) is 16.0. The second-order valence-corrected chi connectivity index (χ2v) is 7.62.